The molecule has 2 aromatic heterocycles. The van der Waals surface area contributed by atoms with Crippen LogP contribution in [-0.4, -0.2) is 35.7 Å². The number of esters is 1. The van der Waals surface area contributed by atoms with E-state index in [4.69, 9.17) is 4.74 Å². The van der Waals surface area contributed by atoms with Crippen molar-refractivity contribution in [1.82, 2.24) is 19.6 Å². The van der Waals surface area contributed by atoms with Crippen molar-refractivity contribution in [3.8, 4) is 28.9 Å². The number of benzene rings is 4. The molecule has 0 saturated carbocycles. The first kappa shape index (κ1) is 29.4. The molecule has 0 aliphatic rings. The number of aryl methyl sites for hydroxylation is 2. The maximum absolute atomic E-state index is 12.6. The summed E-state index contributed by atoms with van der Waals surface area (Å²) in [6.45, 7) is 3.65. The zero-order valence-corrected chi connectivity index (χ0v) is 24.3. The minimum atomic E-state index is -0.640. The van der Waals surface area contributed by atoms with Crippen LogP contribution in [0.3, 0.4) is 0 Å². The molecular weight excluding hydrogens is 592 g/mol. The molecule has 9 heteroatoms. The van der Waals surface area contributed by atoms with E-state index in [2.05, 4.69) is 10.2 Å². The van der Waals surface area contributed by atoms with Gasteiger partial charge in [-0.3, -0.25) is 0 Å². The molecule has 0 saturated heterocycles. The monoisotopic (exact) mass is 619 g/mol. The first-order valence-corrected chi connectivity index (χ1v) is 13.5. The molecule has 0 bridgehead atoms. The fourth-order valence-corrected chi connectivity index (χ4v) is 5.17. The zero-order chi connectivity index (χ0) is 29.2. The summed E-state index contributed by atoms with van der Waals surface area (Å²) in [7, 11) is 0. The van der Waals surface area contributed by atoms with Crippen LogP contribution in [0.25, 0.3) is 11.4 Å². The van der Waals surface area contributed by atoms with E-state index in [-0.39, 0.29) is 28.8 Å². The topological polar surface area (TPSA) is 102 Å². The molecule has 1 radical (unpaired) electrons. The fraction of sp³-hybridized carbons (Fsp3) is 0.0882. The average Bonchev–Trinajstić information content (AvgIpc) is 3.49. The Labute approximate surface area is 259 Å². The maximum atomic E-state index is 12.6. The van der Waals surface area contributed by atoms with Crippen LogP contribution in [0.2, 0.25) is 0 Å². The number of aromatic hydroxyl groups is 2. The molecule has 8 nitrogen and oxygen atoms in total. The largest absolute Gasteiger partial charge is 0.493 e. The third-order valence-corrected chi connectivity index (χ3v) is 7.17. The van der Waals surface area contributed by atoms with E-state index in [0.29, 0.717) is 45.2 Å². The Balaban J connectivity index is 0.00000368. The summed E-state index contributed by atoms with van der Waals surface area (Å²) in [5.41, 5.74) is 4.82. The van der Waals surface area contributed by atoms with Crippen LogP contribution in [0.15, 0.2) is 115 Å². The quantitative estimate of drug-likeness (QED) is 0.120. The summed E-state index contributed by atoms with van der Waals surface area (Å²) in [6.07, 6.45) is 0. The van der Waals surface area contributed by atoms with E-state index in [1.807, 2.05) is 92.7 Å². The summed E-state index contributed by atoms with van der Waals surface area (Å²) in [4.78, 5) is 12.6. The van der Waals surface area contributed by atoms with Crippen LogP contribution >= 0.6 is 0 Å². The zero-order valence-electron chi connectivity index (χ0n) is 23.3. The first-order valence-electron chi connectivity index (χ1n) is 13.5. The van der Waals surface area contributed by atoms with Crippen molar-refractivity contribution in [1.29, 1.82) is 0 Å². The van der Waals surface area contributed by atoms with Gasteiger partial charge in [0, 0.05) is 34.1 Å². The van der Waals surface area contributed by atoms with Crippen molar-refractivity contribution in [2.75, 3.05) is 0 Å². The van der Waals surface area contributed by atoms with Crippen molar-refractivity contribution in [3.05, 3.63) is 149 Å². The molecule has 0 aliphatic heterocycles. The Bertz CT molecular complexity index is 1760. The number of aromatic nitrogens is 4. The maximum Gasteiger partial charge on any atom is 0.343 e. The van der Waals surface area contributed by atoms with Gasteiger partial charge in [0.05, 0.1) is 28.3 Å². The molecule has 0 aliphatic carbocycles. The molecule has 0 spiro atoms. The van der Waals surface area contributed by atoms with Gasteiger partial charge in [0.25, 0.3) is 0 Å². The predicted molar refractivity (Wildman–Crippen MR) is 159 cm³/mol. The van der Waals surface area contributed by atoms with E-state index in [9.17, 15) is 15.0 Å². The van der Waals surface area contributed by atoms with Gasteiger partial charge in [-0.2, -0.15) is 10.2 Å². The van der Waals surface area contributed by atoms with Gasteiger partial charge in [-0.05, 0) is 67.9 Å². The smallest absolute Gasteiger partial charge is 0.343 e. The fourth-order valence-electron chi connectivity index (χ4n) is 5.17. The number of nitrogens with zero attached hydrogens (tertiary/aromatic N) is 4. The van der Waals surface area contributed by atoms with Crippen molar-refractivity contribution in [2.24, 2.45) is 0 Å². The molecule has 6 aromatic rings. The van der Waals surface area contributed by atoms with Crippen LogP contribution in [0.1, 0.15) is 44.4 Å². The molecule has 6 rings (SSSR count). The number of hydrogen-bond acceptors (Lipinski definition) is 6. The molecule has 2 heterocycles. The molecule has 2 N–H and O–H groups in total. The van der Waals surface area contributed by atoms with Crippen LogP contribution in [0, 0.1) is 13.8 Å². The second-order valence-corrected chi connectivity index (χ2v) is 9.90. The van der Waals surface area contributed by atoms with Gasteiger partial charge in [-0.1, -0.05) is 66.7 Å². The van der Waals surface area contributed by atoms with Gasteiger partial charge in [0.15, 0.2) is 0 Å². The van der Waals surface area contributed by atoms with Gasteiger partial charge in [0.2, 0.25) is 11.8 Å². The SMILES string of the molecule is Cc1nn(-c2ccccc2)c(O)c1C(c1ccc(OC(=O)c2ccccc2)cc1)c1c(C)nn(-c2ccccc2)c1O.[Cu]. The minimum Gasteiger partial charge on any atom is -0.493 e. The van der Waals surface area contributed by atoms with E-state index >= 15 is 0 Å². The molecule has 0 fully saturated rings. The van der Waals surface area contributed by atoms with Gasteiger partial charge >= 0.3 is 5.97 Å². The van der Waals surface area contributed by atoms with Gasteiger partial charge in [-0.25, -0.2) is 14.2 Å². The molecule has 43 heavy (non-hydrogen) atoms. The predicted octanol–water partition coefficient (Wildman–Crippen LogP) is 6.48. The van der Waals surface area contributed by atoms with E-state index < -0.39 is 11.9 Å². The minimum absolute atomic E-state index is 0. The van der Waals surface area contributed by atoms with Crippen molar-refractivity contribution in [3.63, 3.8) is 0 Å². The Kier molecular flexibility index (Phi) is 8.48. The second-order valence-electron chi connectivity index (χ2n) is 9.90. The summed E-state index contributed by atoms with van der Waals surface area (Å²) in [5.74, 6) is -0.828. The number of para-hydroxylation sites is 2. The normalized spacial score (nSPS) is 10.9. The Morgan fingerprint density at radius 3 is 1.51 bits per heavy atom. The number of rotatable bonds is 7. The van der Waals surface area contributed by atoms with Crippen molar-refractivity contribution in [2.45, 2.75) is 19.8 Å². The van der Waals surface area contributed by atoms with Gasteiger partial charge in [-0.15, -0.1) is 0 Å². The Hall–Kier alpha value is -5.11. The summed E-state index contributed by atoms with van der Waals surface area (Å²) >= 11 is 0. The van der Waals surface area contributed by atoms with Crippen molar-refractivity contribution >= 4 is 5.97 Å². The number of carbonyl (C=O) groups is 1. The standard InChI is InChI=1S/C34H28N4O4.Cu/c1-22-29(32(39)37(35-22)26-14-8-4-9-15-26)31(30-23(2)36-38(33(30)40)27-16-10-5-11-17-27)24-18-20-28(21-19-24)42-34(41)25-12-6-3-7-13-25;/h3-21,31,39-40H,1-2H3;. The number of hydrogen-bond donors (Lipinski definition) is 2. The molecule has 219 valence electrons. The second kappa shape index (κ2) is 12.4. The molecule has 4 aromatic carbocycles. The number of ether oxygens (including phenoxy) is 1. The summed E-state index contributed by atoms with van der Waals surface area (Å²) in [5, 5.41) is 32.5. The van der Waals surface area contributed by atoms with Crippen LogP contribution < -0.4 is 4.74 Å². The van der Waals surface area contributed by atoms with Crippen LogP contribution in [0.4, 0.5) is 0 Å². The van der Waals surface area contributed by atoms with E-state index in [1.165, 1.54) is 9.36 Å². The van der Waals surface area contributed by atoms with Crippen molar-refractivity contribution < 1.29 is 36.8 Å². The molecule has 0 atom stereocenters. The first-order chi connectivity index (χ1) is 20.4. The third-order valence-electron chi connectivity index (χ3n) is 7.17. The third kappa shape index (κ3) is 5.68. The molecule has 0 unspecified atom stereocenters. The Morgan fingerprint density at radius 1 is 0.651 bits per heavy atom. The van der Waals surface area contributed by atoms with Gasteiger partial charge < -0.3 is 14.9 Å². The summed E-state index contributed by atoms with van der Waals surface area (Å²) < 4.78 is 8.57. The van der Waals surface area contributed by atoms with Crippen LogP contribution in [-0.2, 0) is 17.1 Å². The van der Waals surface area contributed by atoms with E-state index in [0.717, 1.165) is 5.56 Å². The Morgan fingerprint density at radius 2 is 1.07 bits per heavy atom. The van der Waals surface area contributed by atoms with Crippen LogP contribution in [0.5, 0.6) is 17.5 Å². The molecular formula is C34H28CuN4O4. The van der Waals surface area contributed by atoms with Gasteiger partial charge in [0.1, 0.15) is 5.75 Å². The summed E-state index contributed by atoms with van der Waals surface area (Å²) in [6, 6.07) is 34.5. The average molecular weight is 620 g/mol. The number of carbonyl (C=O) groups excluding carboxylic acids is 1. The molecule has 0 amide bonds. The van der Waals surface area contributed by atoms with E-state index in [1.54, 1.807) is 36.4 Å².